The third-order valence-corrected chi connectivity index (χ3v) is 4.22. The molecule has 0 atom stereocenters. The lowest BCUT2D eigenvalue weighted by molar-refractivity contribution is 0.290. The van der Waals surface area contributed by atoms with Gasteiger partial charge in [0.2, 0.25) is 5.13 Å². The summed E-state index contributed by atoms with van der Waals surface area (Å²) in [5, 5.41) is 1.05. The number of aromatic nitrogens is 2. The zero-order valence-electron chi connectivity index (χ0n) is 8.94. The molecule has 2 fully saturated rings. The molecule has 0 bridgehead atoms. The first-order chi connectivity index (χ1) is 7.21. The van der Waals surface area contributed by atoms with Crippen LogP contribution in [0.1, 0.15) is 25.6 Å². The van der Waals surface area contributed by atoms with E-state index in [0.29, 0.717) is 0 Å². The van der Waals surface area contributed by atoms with Crippen LogP contribution in [0.2, 0.25) is 0 Å². The number of hydrogen-bond acceptors (Lipinski definition) is 5. The monoisotopic (exact) mass is 224 g/mol. The molecule has 1 aliphatic heterocycles. The predicted octanol–water partition coefficient (Wildman–Crippen LogP) is 1.03. The van der Waals surface area contributed by atoms with Crippen LogP contribution >= 0.6 is 11.5 Å². The van der Waals surface area contributed by atoms with Gasteiger partial charge in [0.1, 0.15) is 5.82 Å². The molecule has 1 aromatic heterocycles. The maximum absolute atomic E-state index is 6.29. The molecule has 2 heterocycles. The number of anilines is 1. The van der Waals surface area contributed by atoms with Gasteiger partial charge in [-0.1, -0.05) is 6.92 Å². The Labute approximate surface area is 93.7 Å². The van der Waals surface area contributed by atoms with E-state index in [1.807, 2.05) is 0 Å². The minimum absolute atomic E-state index is 0.0814. The molecule has 1 saturated carbocycles. The van der Waals surface area contributed by atoms with Gasteiger partial charge in [0, 0.05) is 31.0 Å². The molecule has 5 heteroatoms. The number of nitrogens with two attached hydrogens (primary N) is 1. The van der Waals surface area contributed by atoms with Crippen LogP contribution in [-0.4, -0.2) is 28.0 Å². The van der Waals surface area contributed by atoms with E-state index in [1.54, 1.807) is 0 Å². The SMILES string of the molecule is CCc1nsc(N2CC(N)(C3CC3)C2)n1. The average Bonchev–Trinajstić information content (AvgIpc) is 2.93. The predicted molar refractivity (Wildman–Crippen MR) is 61.1 cm³/mol. The molecule has 3 rings (SSSR count). The van der Waals surface area contributed by atoms with E-state index in [9.17, 15) is 0 Å². The molecule has 0 aromatic carbocycles. The van der Waals surface area contributed by atoms with Gasteiger partial charge in [-0.2, -0.15) is 4.37 Å². The van der Waals surface area contributed by atoms with E-state index in [1.165, 1.54) is 24.4 Å². The van der Waals surface area contributed by atoms with Gasteiger partial charge >= 0.3 is 0 Å². The molecule has 0 radical (unpaired) electrons. The molecule has 15 heavy (non-hydrogen) atoms. The van der Waals surface area contributed by atoms with Gasteiger partial charge in [0.05, 0.1) is 5.54 Å². The zero-order valence-corrected chi connectivity index (χ0v) is 9.76. The summed E-state index contributed by atoms with van der Waals surface area (Å²) in [4.78, 5) is 6.73. The highest BCUT2D eigenvalue weighted by molar-refractivity contribution is 7.09. The van der Waals surface area contributed by atoms with Crippen molar-refractivity contribution in [1.82, 2.24) is 9.36 Å². The molecule has 1 aromatic rings. The van der Waals surface area contributed by atoms with Crippen LogP contribution in [0, 0.1) is 5.92 Å². The highest BCUT2D eigenvalue weighted by Crippen LogP contribution is 2.44. The number of nitrogens with zero attached hydrogens (tertiary/aromatic N) is 3. The van der Waals surface area contributed by atoms with Crippen LogP contribution in [0.4, 0.5) is 5.13 Å². The van der Waals surface area contributed by atoms with E-state index in [0.717, 1.165) is 36.4 Å². The minimum Gasteiger partial charge on any atom is -0.343 e. The molecule has 1 aliphatic carbocycles. The highest BCUT2D eigenvalue weighted by atomic mass is 32.1. The number of hydrogen-bond donors (Lipinski definition) is 1. The Morgan fingerprint density at radius 1 is 1.53 bits per heavy atom. The Bertz CT molecular complexity index is 365. The number of aryl methyl sites for hydroxylation is 1. The van der Waals surface area contributed by atoms with Crippen molar-refractivity contribution in [1.29, 1.82) is 0 Å². The third kappa shape index (κ3) is 1.54. The lowest BCUT2D eigenvalue weighted by Crippen LogP contribution is -2.69. The summed E-state index contributed by atoms with van der Waals surface area (Å²) in [5.41, 5.74) is 6.37. The first kappa shape index (κ1) is 9.54. The summed E-state index contributed by atoms with van der Waals surface area (Å²) in [6.07, 6.45) is 3.56. The van der Waals surface area contributed by atoms with Crippen molar-refractivity contribution >= 4 is 16.7 Å². The lowest BCUT2D eigenvalue weighted by atomic mass is 9.86. The van der Waals surface area contributed by atoms with Crippen molar-refractivity contribution in [3.8, 4) is 0 Å². The summed E-state index contributed by atoms with van der Waals surface area (Å²) in [7, 11) is 0. The lowest BCUT2D eigenvalue weighted by Gasteiger charge is -2.48. The molecule has 0 unspecified atom stereocenters. The number of rotatable bonds is 3. The molecular formula is C10H16N4S. The molecule has 0 spiro atoms. The van der Waals surface area contributed by atoms with Crippen LogP contribution in [0.25, 0.3) is 0 Å². The maximum atomic E-state index is 6.29. The van der Waals surface area contributed by atoms with E-state index in [4.69, 9.17) is 5.73 Å². The Morgan fingerprint density at radius 2 is 2.27 bits per heavy atom. The minimum atomic E-state index is 0.0814. The van der Waals surface area contributed by atoms with Gasteiger partial charge in [-0.15, -0.1) is 0 Å². The van der Waals surface area contributed by atoms with Crippen LogP contribution in [0.5, 0.6) is 0 Å². The van der Waals surface area contributed by atoms with Crippen LogP contribution < -0.4 is 10.6 Å². The Hall–Kier alpha value is -0.680. The van der Waals surface area contributed by atoms with Gasteiger partial charge in [0.25, 0.3) is 0 Å². The fourth-order valence-electron chi connectivity index (χ4n) is 2.23. The van der Waals surface area contributed by atoms with E-state index < -0.39 is 0 Å². The molecule has 2 aliphatic rings. The summed E-state index contributed by atoms with van der Waals surface area (Å²) in [6, 6.07) is 0. The van der Waals surface area contributed by atoms with Crippen molar-refractivity contribution in [2.75, 3.05) is 18.0 Å². The zero-order chi connectivity index (χ0) is 10.5. The molecule has 2 N–H and O–H groups in total. The van der Waals surface area contributed by atoms with Crippen molar-refractivity contribution < 1.29 is 0 Å². The second-order valence-corrected chi connectivity index (χ2v) is 5.44. The fourth-order valence-corrected chi connectivity index (χ4v) is 2.98. The first-order valence-electron chi connectivity index (χ1n) is 5.58. The van der Waals surface area contributed by atoms with Gasteiger partial charge in [-0.3, -0.25) is 0 Å². The molecule has 1 saturated heterocycles. The van der Waals surface area contributed by atoms with Gasteiger partial charge in [-0.05, 0) is 18.8 Å². The molecule has 0 amide bonds. The van der Waals surface area contributed by atoms with Crippen molar-refractivity contribution in [2.24, 2.45) is 11.7 Å². The van der Waals surface area contributed by atoms with Gasteiger partial charge in [0.15, 0.2) is 0 Å². The normalized spacial score (nSPS) is 24.0. The van der Waals surface area contributed by atoms with Crippen LogP contribution in [-0.2, 0) is 6.42 Å². The molecule has 4 nitrogen and oxygen atoms in total. The van der Waals surface area contributed by atoms with Crippen molar-refractivity contribution in [3.05, 3.63) is 5.82 Å². The summed E-state index contributed by atoms with van der Waals surface area (Å²) in [5.74, 6) is 1.73. The second-order valence-electron chi connectivity index (χ2n) is 4.71. The third-order valence-electron chi connectivity index (χ3n) is 3.40. The van der Waals surface area contributed by atoms with Gasteiger partial charge < -0.3 is 10.6 Å². The Morgan fingerprint density at radius 3 is 2.80 bits per heavy atom. The standard InChI is InChI=1S/C10H16N4S/c1-2-8-12-9(15-13-8)14-5-10(11,6-14)7-3-4-7/h7H,2-6,11H2,1H3. The Balaban J connectivity index is 1.66. The molecule has 82 valence electrons. The van der Waals surface area contributed by atoms with E-state index in [-0.39, 0.29) is 5.54 Å². The average molecular weight is 224 g/mol. The van der Waals surface area contributed by atoms with Crippen LogP contribution in [0.3, 0.4) is 0 Å². The summed E-state index contributed by atoms with van der Waals surface area (Å²) in [6.45, 7) is 4.02. The first-order valence-corrected chi connectivity index (χ1v) is 6.35. The van der Waals surface area contributed by atoms with E-state index in [2.05, 4.69) is 21.2 Å². The van der Waals surface area contributed by atoms with Gasteiger partial charge in [-0.25, -0.2) is 4.98 Å². The topological polar surface area (TPSA) is 55.0 Å². The van der Waals surface area contributed by atoms with E-state index >= 15 is 0 Å². The van der Waals surface area contributed by atoms with Crippen molar-refractivity contribution in [2.45, 2.75) is 31.7 Å². The summed E-state index contributed by atoms with van der Waals surface area (Å²) >= 11 is 1.50. The largest absolute Gasteiger partial charge is 0.343 e. The van der Waals surface area contributed by atoms with Crippen molar-refractivity contribution in [3.63, 3.8) is 0 Å². The maximum Gasteiger partial charge on any atom is 0.205 e. The summed E-state index contributed by atoms with van der Waals surface area (Å²) < 4.78 is 4.29. The quantitative estimate of drug-likeness (QED) is 0.833. The highest BCUT2D eigenvalue weighted by Gasteiger charge is 2.51. The smallest absolute Gasteiger partial charge is 0.205 e. The van der Waals surface area contributed by atoms with Crippen LogP contribution in [0.15, 0.2) is 0 Å². The molecular weight excluding hydrogens is 208 g/mol. The second kappa shape index (κ2) is 3.15. The Kier molecular flexibility index (Phi) is 2.01. The fraction of sp³-hybridized carbons (Fsp3) is 0.800.